The van der Waals surface area contributed by atoms with Gasteiger partial charge in [0.2, 0.25) is 5.89 Å². The van der Waals surface area contributed by atoms with Gasteiger partial charge in [-0.15, -0.1) is 0 Å². The third-order valence-electron chi connectivity index (χ3n) is 10.4. The van der Waals surface area contributed by atoms with Crippen LogP contribution in [0.5, 0.6) is 11.5 Å². The van der Waals surface area contributed by atoms with Gasteiger partial charge in [0.05, 0.1) is 5.69 Å². The molecule has 1 aromatic heterocycles. The molecule has 0 unspecified atom stereocenters. The zero-order valence-electron chi connectivity index (χ0n) is 31.0. The highest BCUT2D eigenvalue weighted by molar-refractivity contribution is 5.98. The Morgan fingerprint density at radius 1 is 0.421 bits per heavy atom. The second kappa shape index (κ2) is 14.9. The largest absolute Gasteiger partial charge is 0.455 e. The van der Waals surface area contributed by atoms with Gasteiger partial charge in [0, 0.05) is 16.9 Å². The van der Waals surface area contributed by atoms with Crippen molar-refractivity contribution < 1.29 is 9.15 Å². The van der Waals surface area contributed by atoms with Crippen LogP contribution in [0.2, 0.25) is 0 Å². The number of ether oxygens (including phenoxy) is 1. The van der Waals surface area contributed by atoms with Crippen LogP contribution in [-0.4, -0.2) is 4.98 Å². The van der Waals surface area contributed by atoms with Crippen molar-refractivity contribution >= 4 is 38.9 Å². The van der Waals surface area contributed by atoms with Crippen LogP contribution in [0.15, 0.2) is 223 Å². The van der Waals surface area contributed by atoms with Crippen molar-refractivity contribution in [1.82, 2.24) is 4.98 Å². The molecule has 1 heterocycles. The molecule has 57 heavy (non-hydrogen) atoms. The SMILES string of the molecule is c1ccc(-c2ccc(N(c3ccc(-c4ccccc4)cc3)c3ccccc3Oc3cc(-c4ccc(-c5nc6ccccc6o5)cc4)c4ccccc4c3)cc2)cc1. The summed E-state index contributed by atoms with van der Waals surface area (Å²) in [6.45, 7) is 0. The Kier molecular flexibility index (Phi) is 8.82. The van der Waals surface area contributed by atoms with Crippen molar-refractivity contribution in [3.8, 4) is 56.3 Å². The molecule has 10 rings (SSSR count). The van der Waals surface area contributed by atoms with Crippen LogP contribution in [0.1, 0.15) is 0 Å². The quantitative estimate of drug-likeness (QED) is 0.148. The molecule has 0 fully saturated rings. The first-order valence-electron chi connectivity index (χ1n) is 19.1. The lowest BCUT2D eigenvalue weighted by atomic mass is 9.97. The standard InChI is InChI=1S/C53H36N2O2/c1-3-13-37(14-4-1)39-27-31-44(32-28-39)55(45-33-29-40(30-34-45)38-15-5-2-6-16-38)50-20-10-12-22-52(50)56-46-35-43-17-7-8-18-47(43)48(36-46)41-23-25-42(26-24-41)53-54-49-19-9-11-21-51(49)57-53/h1-36H. The summed E-state index contributed by atoms with van der Waals surface area (Å²) in [4.78, 5) is 6.98. The lowest BCUT2D eigenvalue weighted by Crippen LogP contribution is -2.11. The maximum atomic E-state index is 6.95. The number of para-hydroxylation sites is 4. The Bertz CT molecular complexity index is 2840. The zero-order valence-corrected chi connectivity index (χ0v) is 31.0. The van der Waals surface area contributed by atoms with Crippen LogP contribution in [0, 0.1) is 0 Å². The third-order valence-corrected chi connectivity index (χ3v) is 10.4. The number of fused-ring (bicyclic) bond motifs is 2. The Morgan fingerprint density at radius 2 is 0.947 bits per heavy atom. The summed E-state index contributed by atoms with van der Waals surface area (Å²) in [5, 5.41) is 2.24. The molecular weight excluding hydrogens is 697 g/mol. The predicted octanol–water partition coefficient (Wildman–Crippen LogP) is 14.9. The maximum Gasteiger partial charge on any atom is 0.227 e. The molecule has 0 radical (unpaired) electrons. The van der Waals surface area contributed by atoms with E-state index in [-0.39, 0.29) is 0 Å². The van der Waals surface area contributed by atoms with Crippen molar-refractivity contribution in [3.05, 3.63) is 218 Å². The fourth-order valence-corrected chi connectivity index (χ4v) is 7.52. The monoisotopic (exact) mass is 732 g/mol. The normalized spacial score (nSPS) is 11.2. The highest BCUT2D eigenvalue weighted by Gasteiger charge is 2.19. The first-order chi connectivity index (χ1) is 28.2. The summed E-state index contributed by atoms with van der Waals surface area (Å²) < 4.78 is 13.0. The van der Waals surface area contributed by atoms with E-state index in [9.17, 15) is 0 Å². The van der Waals surface area contributed by atoms with Crippen LogP contribution >= 0.6 is 0 Å². The highest BCUT2D eigenvalue weighted by atomic mass is 16.5. The van der Waals surface area contributed by atoms with Crippen LogP contribution in [0.4, 0.5) is 17.1 Å². The molecular formula is C53H36N2O2. The van der Waals surface area contributed by atoms with Gasteiger partial charge in [0.15, 0.2) is 11.3 Å². The molecule has 0 bridgehead atoms. The molecule has 0 aliphatic rings. The first kappa shape index (κ1) is 33.8. The van der Waals surface area contributed by atoms with E-state index in [1.165, 1.54) is 11.1 Å². The van der Waals surface area contributed by atoms with Crippen molar-refractivity contribution in [2.24, 2.45) is 0 Å². The van der Waals surface area contributed by atoms with Gasteiger partial charge in [0.25, 0.3) is 0 Å². The van der Waals surface area contributed by atoms with Gasteiger partial charge < -0.3 is 14.1 Å². The average molecular weight is 733 g/mol. The van der Waals surface area contributed by atoms with Gasteiger partial charge in [-0.25, -0.2) is 4.98 Å². The smallest absolute Gasteiger partial charge is 0.227 e. The Morgan fingerprint density at radius 3 is 1.61 bits per heavy atom. The Labute approximate surface area is 331 Å². The van der Waals surface area contributed by atoms with E-state index in [1.54, 1.807) is 0 Å². The summed E-state index contributed by atoms with van der Waals surface area (Å²) in [7, 11) is 0. The molecule has 0 amide bonds. The number of hydrogen-bond acceptors (Lipinski definition) is 4. The highest BCUT2D eigenvalue weighted by Crippen LogP contribution is 2.44. The zero-order chi connectivity index (χ0) is 38.0. The Balaban J connectivity index is 1.03. The lowest BCUT2D eigenvalue weighted by Gasteiger charge is -2.28. The van der Waals surface area contributed by atoms with Crippen molar-refractivity contribution in [2.75, 3.05) is 4.90 Å². The molecule has 0 saturated carbocycles. The number of nitrogens with zero attached hydrogens (tertiary/aromatic N) is 2. The molecule has 10 aromatic rings. The molecule has 0 aliphatic carbocycles. The summed E-state index contributed by atoms with van der Waals surface area (Å²) in [5.41, 5.74) is 12.4. The van der Waals surface area contributed by atoms with E-state index in [0.717, 1.165) is 78.3 Å². The molecule has 0 spiro atoms. The van der Waals surface area contributed by atoms with E-state index in [1.807, 2.05) is 48.5 Å². The Hall–Kier alpha value is -7.69. The number of rotatable bonds is 9. The topological polar surface area (TPSA) is 38.5 Å². The fraction of sp³-hybridized carbons (Fsp3) is 0. The summed E-state index contributed by atoms with van der Waals surface area (Å²) in [5.74, 6) is 2.09. The van der Waals surface area contributed by atoms with Gasteiger partial charge in [-0.05, 0) is 117 Å². The van der Waals surface area contributed by atoms with Gasteiger partial charge >= 0.3 is 0 Å². The summed E-state index contributed by atoms with van der Waals surface area (Å²) in [6.07, 6.45) is 0. The maximum absolute atomic E-state index is 6.95. The van der Waals surface area contributed by atoms with E-state index in [2.05, 4.69) is 175 Å². The molecule has 9 aromatic carbocycles. The minimum absolute atomic E-state index is 0.607. The van der Waals surface area contributed by atoms with Gasteiger partial charge in [0.1, 0.15) is 11.3 Å². The van der Waals surface area contributed by atoms with Crippen LogP contribution in [-0.2, 0) is 0 Å². The van der Waals surface area contributed by atoms with E-state index in [0.29, 0.717) is 5.89 Å². The summed E-state index contributed by atoms with van der Waals surface area (Å²) >= 11 is 0. The average Bonchev–Trinajstić information content (AvgIpc) is 3.73. The van der Waals surface area contributed by atoms with E-state index >= 15 is 0 Å². The van der Waals surface area contributed by atoms with Gasteiger partial charge in [-0.1, -0.05) is 146 Å². The van der Waals surface area contributed by atoms with Crippen LogP contribution < -0.4 is 9.64 Å². The number of anilines is 3. The van der Waals surface area contributed by atoms with E-state index < -0.39 is 0 Å². The molecule has 0 aliphatic heterocycles. The minimum atomic E-state index is 0.607. The molecule has 4 nitrogen and oxygen atoms in total. The first-order valence-corrected chi connectivity index (χ1v) is 19.1. The fourth-order valence-electron chi connectivity index (χ4n) is 7.52. The molecule has 270 valence electrons. The second-order valence-electron chi connectivity index (χ2n) is 14.0. The summed E-state index contributed by atoms with van der Waals surface area (Å²) in [6, 6.07) is 75.6. The lowest BCUT2D eigenvalue weighted by molar-refractivity contribution is 0.485. The predicted molar refractivity (Wildman–Crippen MR) is 234 cm³/mol. The van der Waals surface area contributed by atoms with Crippen molar-refractivity contribution in [2.45, 2.75) is 0 Å². The molecule has 0 saturated heterocycles. The third kappa shape index (κ3) is 6.81. The molecule has 0 N–H and O–H groups in total. The number of aromatic nitrogens is 1. The van der Waals surface area contributed by atoms with Gasteiger partial charge in [-0.2, -0.15) is 0 Å². The van der Waals surface area contributed by atoms with Crippen LogP contribution in [0.3, 0.4) is 0 Å². The molecule has 4 heteroatoms. The minimum Gasteiger partial charge on any atom is -0.455 e. The number of benzene rings is 9. The van der Waals surface area contributed by atoms with Crippen molar-refractivity contribution in [1.29, 1.82) is 0 Å². The van der Waals surface area contributed by atoms with Crippen molar-refractivity contribution in [3.63, 3.8) is 0 Å². The van der Waals surface area contributed by atoms with Gasteiger partial charge in [-0.3, -0.25) is 0 Å². The number of oxazole rings is 1. The van der Waals surface area contributed by atoms with E-state index in [4.69, 9.17) is 14.1 Å². The molecule has 0 atom stereocenters. The second-order valence-corrected chi connectivity index (χ2v) is 14.0. The number of hydrogen-bond donors (Lipinski definition) is 0. The van der Waals surface area contributed by atoms with Crippen LogP contribution in [0.25, 0.3) is 66.7 Å².